The van der Waals surface area contributed by atoms with E-state index in [4.69, 9.17) is 14.6 Å². The Hall–Kier alpha value is -1.92. The molecule has 2 aromatic rings. The predicted octanol–water partition coefficient (Wildman–Crippen LogP) is 1.89. The van der Waals surface area contributed by atoms with E-state index in [1.165, 1.54) is 0 Å². The van der Waals surface area contributed by atoms with Crippen LogP contribution in [0.15, 0.2) is 29.4 Å². The van der Waals surface area contributed by atoms with Crippen LogP contribution in [0.2, 0.25) is 0 Å². The van der Waals surface area contributed by atoms with Crippen LogP contribution in [0.4, 0.5) is 0 Å². The lowest BCUT2D eigenvalue weighted by molar-refractivity contribution is 0.0327. The molecule has 0 spiro atoms. The first-order chi connectivity index (χ1) is 10.8. The molecule has 1 aliphatic rings. The summed E-state index contributed by atoms with van der Waals surface area (Å²) in [5.41, 5.74) is 3.08. The van der Waals surface area contributed by atoms with E-state index in [0.29, 0.717) is 6.54 Å². The van der Waals surface area contributed by atoms with E-state index in [-0.39, 0.29) is 0 Å². The average molecular weight is 302 g/mol. The Kier molecular flexibility index (Phi) is 4.70. The number of ether oxygens (including phenoxy) is 1. The molecule has 0 saturated carbocycles. The number of rotatable bonds is 5. The molecule has 0 aliphatic carbocycles. The number of benzene rings is 1. The van der Waals surface area contributed by atoms with Gasteiger partial charge in [-0.25, -0.2) is 4.98 Å². The van der Waals surface area contributed by atoms with Crippen LogP contribution in [-0.4, -0.2) is 53.6 Å². The molecule has 0 radical (unpaired) electrons. The highest BCUT2D eigenvalue weighted by Gasteiger charge is 2.16. The molecular weight excluding hydrogens is 280 g/mol. The fourth-order valence-electron chi connectivity index (χ4n) is 2.80. The standard InChI is InChI=1S/C16H22N4O2/c1-13(18-21-2)11-20-15-6-4-3-5-14(15)17-16(20)12-19-7-9-22-10-8-19/h3-6H,7-12H2,1-2H3/b18-13+. The smallest absolute Gasteiger partial charge is 0.124 e. The number of morpholine rings is 1. The van der Waals surface area contributed by atoms with Gasteiger partial charge in [0.2, 0.25) is 0 Å². The Balaban J connectivity index is 1.91. The van der Waals surface area contributed by atoms with Crippen LogP contribution in [0.25, 0.3) is 11.0 Å². The number of hydrogen-bond acceptors (Lipinski definition) is 5. The van der Waals surface area contributed by atoms with Gasteiger partial charge < -0.3 is 14.1 Å². The fourth-order valence-corrected chi connectivity index (χ4v) is 2.80. The maximum atomic E-state index is 5.42. The minimum absolute atomic E-state index is 0.689. The van der Waals surface area contributed by atoms with E-state index in [2.05, 4.69) is 26.8 Å². The Labute approximate surface area is 130 Å². The summed E-state index contributed by atoms with van der Waals surface area (Å²) in [4.78, 5) is 12.1. The Morgan fingerprint density at radius 2 is 2.09 bits per heavy atom. The molecule has 3 rings (SSSR count). The molecule has 22 heavy (non-hydrogen) atoms. The first-order valence-corrected chi connectivity index (χ1v) is 7.59. The normalized spacial score (nSPS) is 17.1. The summed E-state index contributed by atoms with van der Waals surface area (Å²) in [6, 6.07) is 8.22. The molecule has 0 bridgehead atoms. The number of aromatic nitrogens is 2. The maximum Gasteiger partial charge on any atom is 0.124 e. The third-order valence-corrected chi connectivity index (χ3v) is 3.84. The summed E-state index contributed by atoms with van der Waals surface area (Å²) in [5.74, 6) is 1.06. The lowest BCUT2D eigenvalue weighted by Gasteiger charge is -2.26. The second kappa shape index (κ2) is 6.89. The Morgan fingerprint density at radius 1 is 1.32 bits per heavy atom. The van der Waals surface area contributed by atoms with Crippen molar-refractivity contribution < 1.29 is 9.57 Å². The van der Waals surface area contributed by atoms with Crippen molar-refractivity contribution in [2.24, 2.45) is 5.16 Å². The minimum atomic E-state index is 0.689. The topological polar surface area (TPSA) is 51.9 Å². The summed E-state index contributed by atoms with van der Waals surface area (Å²) >= 11 is 0. The van der Waals surface area contributed by atoms with Crippen LogP contribution in [0.3, 0.4) is 0 Å². The van der Waals surface area contributed by atoms with E-state index in [1.54, 1.807) is 7.11 Å². The number of imidazole rings is 1. The van der Waals surface area contributed by atoms with E-state index in [9.17, 15) is 0 Å². The molecule has 1 aromatic carbocycles. The molecule has 0 amide bonds. The van der Waals surface area contributed by atoms with Crippen molar-refractivity contribution in [2.45, 2.75) is 20.0 Å². The van der Waals surface area contributed by atoms with Crippen molar-refractivity contribution in [3.8, 4) is 0 Å². The van der Waals surface area contributed by atoms with Crippen molar-refractivity contribution >= 4 is 16.7 Å². The van der Waals surface area contributed by atoms with Gasteiger partial charge in [0.25, 0.3) is 0 Å². The van der Waals surface area contributed by atoms with Gasteiger partial charge in [0.15, 0.2) is 0 Å². The zero-order valence-electron chi connectivity index (χ0n) is 13.2. The summed E-state index contributed by atoms with van der Waals surface area (Å²) in [6.07, 6.45) is 0. The fraction of sp³-hybridized carbons (Fsp3) is 0.500. The van der Waals surface area contributed by atoms with E-state index < -0.39 is 0 Å². The van der Waals surface area contributed by atoms with Gasteiger partial charge in [0, 0.05) is 13.1 Å². The largest absolute Gasteiger partial charge is 0.399 e. The van der Waals surface area contributed by atoms with Crippen LogP contribution in [0, 0.1) is 0 Å². The number of oxime groups is 1. The predicted molar refractivity (Wildman–Crippen MR) is 85.9 cm³/mol. The molecule has 2 heterocycles. The average Bonchev–Trinajstić information content (AvgIpc) is 2.86. The van der Waals surface area contributed by atoms with Crippen LogP contribution in [-0.2, 0) is 22.7 Å². The van der Waals surface area contributed by atoms with Gasteiger partial charge in [-0.15, -0.1) is 0 Å². The van der Waals surface area contributed by atoms with Crippen molar-refractivity contribution in [2.75, 3.05) is 33.4 Å². The second-order valence-electron chi connectivity index (χ2n) is 5.50. The highest BCUT2D eigenvalue weighted by atomic mass is 16.6. The highest BCUT2D eigenvalue weighted by molar-refractivity contribution is 5.84. The first kappa shape index (κ1) is 15.0. The number of fused-ring (bicyclic) bond motifs is 1. The molecule has 118 valence electrons. The second-order valence-corrected chi connectivity index (χ2v) is 5.50. The van der Waals surface area contributed by atoms with Gasteiger partial charge in [0.05, 0.1) is 43.0 Å². The van der Waals surface area contributed by atoms with Gasteiger partial charge in [-0.3, -0.25) is 4.90 Å². The lowest BCUT2D eigenvalue weighted by Crippen LogP contribution is -2.36. The van der Waals surface area contributed by atoms with Gasteiger partial charge in [-0.2, -0.15) is 0 Å². The molecule has 1 fully saturated rings. The van der Waals surface area contributed by atoms with Gasteiger partial charge >= 0.3 is 0 Å². The van der Waals surface area contributed by atoms with Crippen molar-refractivity contribution in [1.29, 1.82) is 0 Å². The third kappa shape index (κ3) is 3.28. The molecule has 0 atom stereocenters. The molecule has 0 N–H and O–H groups in total. The van der Waals surface area contributed by atoms with Crippen LogP contribution in [0.5, 0.6) is 0 Å². The molecular formula is C16H22N4O2. The minimum Gasteiger partial charge on any atom is -0.399 e. The SMILES string of the molecule is CO/N=C(\C)Cn1c(CN2CCOCC2)nc2ccccc21. The summed E-state index contributed by atoms with van der Waals surface area (Å²) in [6.45, 7) is 6.99. The van der Waals surface area contributed by atoms with Crippen molar-refractivity contribution in [3.05, 3.63) is 30.1 Å². The van der Waals surface area contributed by atoms with Gasteiger partial charge in [-0.1, -0.05) is 17.3 Å². The Bertz CT molecular complexity index is 659. The summed E-state index contributed by atoms with van der Waals surface area (Å²) in [7, 11) is 1.57. The molecule has 1 saturated heterocycles. The van der Waals surface area contributed by atoms with E-state index in [1.807, 2.05) is 19.1 Å². The number of nitrogens with zero attached hydrogens (tertiary/aromatic N) is 4. The molecule has 6 nitrogen and oxygen atoms in total. The van der Waals surface area contributed by atoms with Crippen LogP contribution < -0.4 is 0 Å². The third-order valence-electron chi connectivity index (χ3n) is 3.84. The van der Waals surface area contributed by atoms with Crippen LogP contribution in [0.1, 0.15) is 12.7 Å². The quantitative estimate of drug-likeness (QED) is 0.625. The highest BCUT2D eigenvalue weighted by Crippen LogP contribution is 2.18. The monoisotopic (exact) mass is 302 g/mol. The molecule has 1 aliphatic heterocycles. The van der Waals surface area contributed by atoms with E-state index >= 15 is 0 Å². The zero-order valence-corrected chi connectivity index (χ0v) is 13.2. The summed E-state index contributed by atoms with van der Waals surface area (Å²) < 4.78 is 7.64. The molecule has 1 aromatic heterocycles. The van der Waals surface area contributed by atoms with E-state index in [0.717, 1.165) is 55.4 Å². The Morgan fingerprint density at radius 3 is 2.86 bits per heavy atom. The van der Waals surface area contributed by atoms with Crippen LogP contribution >= 0.6 is 0 Å². The van der Waals surface area contributed by atoms with Gasteiger partial charge in [-0.05, 0) is 19.1 Å². The number of hydrogen-bond donors (Lipinski definition) is 0. The maximum absolute atomic E-state index is 5.42. The first-order valence-electron chi connectivity index (χ1n) is 7.59. The van der Waals surface area contributed by atoms with Crippen molar-refractivity contribution in [3.63, 3.8) is 0 Å². The zero-order chi connectivity index (χ0) is 15.4. The molecule has 6 heteroatoms. The summed E-state index contributed by atoms with van der Waals surface area (Å²) in [5, 5.41) is 4.03. The van der Waals surface area contributed by atoms with Crippen molar-refractivity contribution in [1.82, 2.24) is 14.5 Å². The number of para-hydroxylation sites is 2. The van der Waals surface area contributed by atoms with Gasteiger partial charge in [0.1, 0.15) is 12.9 Å². The molecule has 0 unspecified atom stereocenters. The lowest BCUT2D eigenvalue weighted by atomic mass is 10.3.